The van der Waals surface area contributed by atoms with Crippen molar-refractivity contribution in [1.82, 2.24) is 4.90 Å². The summed E-state index contributed by atoms with van der Waals surface area (Å²) in [5.41, 5.74) is 6.53. The Balaban J connectivity index is 2.06. The minimum Gasteiger partial charge on any atom is -0.396 e. The van der Waals surface area contributed by atoms with E-state index in [0.29, 0.717) is 21.3 Å². The standard InChI is InChI=1S/C15H20Cl2N2O/c1-2-3-10-4-6-19(7-5-10)15(20)11-8-12(16)14(18)13(17)9-11/h8-10H,2-7,18H2,1H3. The molecule has 1 fully saturated rings. The predicted octanol–water partition coefficient (Wildman–Crippen LogP) is 4.23. The third-order valence-electron chi connectivity index (χ3n) is 3.92. The van der Waals surface area contributed by atoms with Crippen LogP contribution in [-0.4, -0.2) is 23.9 Å². The summed E-state index contributed by atoms with van der Waals surface area (Å²) >= 11 is 12.0. The molecule has 2 rings (SSSR count). The zero-order chi connectivity index (χ0) is 14.7. The zero-order valence-corrected chi connectivity index (χ0v) is 13.2. The maximum absolute atomic E-state index is 12.4. The molecule has 0 aliphatic carbocycles. The Labute approximate surface area is 130 Å². The fourth-order valence-corrected chi connectivity index (χ4v) is 3.21. The first-order chi connectivity index (χ1) is 9.52. The molecule has 0 spiro atoms. The Morgan fingerprint density at radius 2 is 1.85 bits per heavy atom. The Morgan fingerprint density at radius 3 is 2.35 bits per heavy atom. The Bertz CT molecular complexity index is 474. The van der Waals surface area contributed by atoms with Crippen LogP contribution in [-0.2, 0) is 0 Å². The molecule has 110 valence electrons. The number of piperidine rings is 1. The first-order valence-corrected chi connectivity index (χ1v) is 7.82. The van der Waals surface area contributed by atoms with Gasteiger partial charge >= 0.3 is 0 Å². The molecule has 0 unspecified atom stereocenters. The number of carbonyl (C=O) groups is 1. The van der Waals surface area contributed by atoms with Gasteiger partial charge in [0.05, 0.1) is 15.7 Å². The number of nitrogen functional groups attached to an aromatic ring is 1. The highest BCUT2D eigenvalue weighted by Crippen LogP contribution is 2.30. The molecule has 20 heavy (non-hydrogen) atoms. The number of likely N-dealkylation sites (tertiary alicyclic amines) is 1. The van der Waals surface area contributed by atoms with Gasteiger partial charge in [0.2, 0.25) is 0 Å². The van der Waals surface area contributed by atoms with Crippen molar-refractivity contribution in [2.75, 3.05) is 18.8 Å². The number of benzene rings is 1. The average Bonchev–Trinajstić information content (AvgIpc) is 2.44. The number of carbonyl (C=O) groups excluding carboxylic acids is 1. The van der Waals surface area contributed by atoms with E-state index in [0.717, 1.165) is 31.8 Å². The van der Waals surface area contributed by atoms with Crippen molar-refractivity contribution in [2.45, 2.75) is 32.6 Å². The minimum absolute atomic E-state index is 0.0104. The number of hydrogen-bond acceptors (Lipinski definition) is 2. The van der Waals surface area contributed by atoms with Gasteiger partial charge in [-0.1, -0.05) is 43.0 Å². The van der Waals surface area contributed by atoms with Crippen molar-refractivity contribution < 1.29 is 4.79 Å². The largest absolute Gasteiger partial charge is 0.396 e. The lowest BCUT2D eigenvalue weighted by Crippen LogP contribution is -2.38. The summed E-state index contributed by atoms with van der Waals surface area (Å²) in [7, 11) is 0. The van der Waals surface area contributed by atoms with E-state index in [1.165, 1.54) is 12.8 Å². The van der Waals surface area contributed by atoms with Crippen molar-refractivity contribution >= 4 is 34.8 Å². The van der Waals surface area contributed by atoms with E-state index >= 15 is 0 Å². The van der Waals surface area contributed by atoms with Crippen LogP contribution in [0.3, 0.4) is 0 Å². The SMILES string of the molecule is CCCC1CCN(C(=O)c2cc(Cl)c(N)c(Cl)c2)CC1. The van der Waals surface area contributed by atoms with Crippen LogP contribution < -0.4 is 5.73 Å². The number of halogens is 2. The first-order valence-electron chi connectivity index (χ1n) is 7.06. The highest BCUT2D eigenvalue weighted by molar-refractivity contribution is 6.39. The van der Waals surface area contributed by atoms with Crippen molar-refractivity contribution in [2.24, 2.45) is 5.92 Å². The normalized spacial score (nSPS) is 16.4. The van der Waals surface area contributed by atoms with Crippen LogP contribution in [0, 0.1) is 5.92 Å². The lowest BCUT2D eigenvalue weighted by atomic mass is 9.92. The van der Waals surface area contributed by atoms with Gasteiger partial charge in [-0.15, -0.1) is 0 Å². The van der Waals surface area contributed by atoms with Gasteiger partial charge in [0.15, 0.2) is 0 Å². The molecule has 0 bridgehead atoms. The molecule has 1 aromatic rings. The van der Waals surface area contributed by atoms with Gasteiger partial charge in [-0.3, -0.25) is 4.79 Å². The number of hydrogen-bond donors (Lipinski definition) is 1. The van der Waals surface area contributed by atoms with E-state index < -0.39 is 0 Å². The highest BCUT2D eigenvalue weighted by atomic mass is 35.5. The van der Waals surface area contributed by atoms with E-state index in [2.05, 4.69) is 6.92 Å². The molecule has 5 heteroatoms. The summed E-state index contributed by atoms with van der Waals surface area (Å²) in [6.07, 6.45) is 4.62. The molecule has 1 aliphatic heterocycles. The molecule has 2 N–H and O–H groups in total. The molecule has 1 amide bonds. The van der Waals surface area contributed by atoms with Crippen molar-refractivity contribution in [3.05, 3.63) is 27.7 Å². The second-order valence-electron chi connectivity index (χ2n) is 5.38. The van der Waals surface area contributed by atoms with Gasteiger partial charge in [-0.25, -0.2) is 0 Å². The molecular weight excluding hydrogens is 295 g/mol. The van der Waals surface area contributed by atoms with Crippen LogP contribution in [0.2, 0.25) is 10.0 Å². The van der Waals surface area contributed by atoms with Crippen LogP contribution >= 0.6 is 23.2 Å². The Kier molecular flexibility index (Phi) is 5.17. The van der Waals surface area contributed by atoms with E-state index in [4.69, 9.17) is 28.9 Å². The molecule has 0 radical (unpaired) electrons. The summed E-state index contributed by atoms with van der Waals surface area (Å²) in [4.78, 5) is 14.3. The number of amides is 1. The van der Waals surface area contributed by atoms with Gasteiger partial charge in [0.25, 0.3) is 5.91 Å². The van der Waals surface area contributed by atoms with Crippen LogP contribution in [0.4, 0.5) is 5.69 Å². The van der Waals surface area contributed by atoms with Gasteiger partial charge in [0.1, 0.15) is 0 Å². The first kappa shape index (κ1) is 15.5. The maximum atomic E-state index is 12.4. The van der Waals surface area contributed by atoms with Crippen molar-refractivity contribution in [3.8, 4) is 0 Å². The maximum Gasteiger partial charge on any atom is 0.253 e. The molecule has 0 saturated carbocycles. The summed E-state index contributed by atoms with van der Waals surface area (Å²) < 4.78 is 0. The second-order valence-corrected chi connectivity index (χ2v) is 6.19. The smallest absolute Gasteiger partial charge is 0.253 e. The number of nitrogens with zero attached hydrogens (tertiary/aromatic N) is 1. The van der Waals surface area contributed by atoms with Gasteiger partial charge in [0, 0.05) is 18.7 Å². The van der Waals surface area contributed by atoms with Crippen LogP contribution in [0.5, 0.6) is 0 Å². The molecule has 3 nitrogen and oxygen atoms in total. The number of rotatable bonds is 3. The molecule has 0 atom stereocenters. The summed E-state index contributed by atoms with van der Waals surface area (Å²) in [5, 5.41) is 0.670. The Hall–Kier alpha value is -0.930. The second kappa shape index (κ2) is 6.68. The predicted molar refractivity (Wildman–Crippen MR) is 84.4 cm³/mol. The van der Waals surface area contributed by atoms with Crippen LogP contribution in [0.15, 0.2) is 12.1 Å². The van der Waals surface area contributed by atoms with Crippen molar-refractivity contribution in [1.29, 1.82) is 0 Å². The molecule has 1 heterocycles. The summed E-state index contributed by atoms with van der Waals surface area (Å²) in [6.45, 7) is 3.82. The lowest BCUT2D eigenvalue weighted by molar-refractivity contribution is 0.0686. The van der Waals surface area contributed by atoms with Crippen LogP contribution in [0.1, 0.15) is 43.0 Å². The topological polar surface area (TPSA) is 46.3 Å². The molecular formula is C15H20Cl2N2O. The quantitative estimate of drug-likeness (QED) is 0.849. The van der Waals surface area contributed by atoms with E-state index in [-0.39, 0.29) is 5.91 Å². The summed E-state index contributed by atoms with van der Waals surface area (Å²) in [5.74, 6) is 0.742. The fraction of sp³-hybridized carbons (Fsp3) is 0.533. The van der Waals surface area contributed by atoms with Crippen molar-refractivity contribution in [3.63, 3.8) is 0 Å². The lowest BCUT2D eigenvalue weighted by Gasteiger charge is -2.32. The zero-order valence-electron chi connectivity index (χ0n) is 11.7. The average molecular weight is 315 g/mol. The van der Waals surface area contributed by atoms with E-state index in [1.54, 1.807) is 12.1 Å². The van der Waals surface area contributed by atoms with Crippen LogP contribution in [0.25, 0.3) is 0 Å². The number of nitrogens with two attached hydrogens (primary N) is 1. The monoisotopic (exact) mass is 314 g/mol. The van der Waals surface area contributed by atoms with E-state index in [1.807, 2.05) is 4.90 Å². The van der Waals surface area contributed by atoms with Gasteiger partial charge in [-0.2, -0.15) is 0 Å². The van der Waals surface area contributed by atoms with Gasteiger partial charge in [-0.05, 0) is 30.9 Å². The highest BCUT2D eigenvalue weighted by Gasteiger charge is 2.24. The summed E-state index contributed by atoms with van der Waals surface area (Å²) in [6, 6.07) is 3.20. The van der Waals surface area contributed by atoms with E-state index in [9.17, 15) is 4.79 Å². The molecule has 1 saturated heterocycles. The molecule has 1 aromatic carbocycles. The minimum atomic E-state index is -0.0104. The van der Waals surface area contributed by atoms with Gasteiger partial charge < -0.3 is 10.6 Å². The number of anilines is 1. The third-order valence-corrected chi connectivity index (χ3v) is 4.55. The Morgan fingerprint density at radius 1 is 1.30 bits per heavy atom. The molecule has 0 aromatic heterocycles. The third kappa shape index (κ3) is 3.39. The fourth-order valence-electron chi connectivity index (χ4n) is 2.72. The molecule has 1 aliphatic rings.